The van der Waals surface area contributed by atoms with Crippen molar-refractivity contribution in [2.45, 2.75) is 43.9 Å². The molecule has 0 unspecified atom stereocenters. The molecule has 6 rings (SSSR count). The SMILES string of the molecule is C=C[C@H]1C[N@+]2(Cc3cc(C(F)(F)F)cc(C(F)(F)F)c3)CC[C@H]1C[C@@H]2[C@H](O)c1ccnc2ccc(OC)cc12. The van der Waals surface area contributed by atoms with Gasteiger partial charge in [-0.25, -0.2) is 0 Å². The molecule has 10 heteroatoms. The standard InChI is InChI=1S/C29H29F6N2O2/c1-3-18-16-37(15-17-10-20(28(30,31)32)13-21(11-17)29(33,34)35)9-7-19(18)12-26(37)27(38)23-6-8-36-25-5-4-22(39-2)14-24(23)25/h3-6,8,10-11,13-14,18-19,26-27,38H,1,7,9,12,15-16H2,2H3/q+1/t18-,19-,26+,27+,37+/m0/s1. The number of rotatable bonds is 6. The van der Waals surface area contributed by atoms with Crippen molar-refractivity contribution in [3.63, 3.8) is 0 Å². The molecule has 3 aliphatic heterocycles. The number of pyridine rings is 1. The maximum absolute atomic E-state index is 13.6. The Balaban J connectivity index is 1.60. The summed E-state index contributed by atoms with van der Waals surface area (Å²) in [5.41, 5.74) is -1.47. The van der Waals surface area contributed by atoms with Gasteiger partial charge in [0, 0.05) is 35.9 Å². The van der Waals surface area contributed by atoms with Gasteiger partial charge in [0.25, 0.3) is 0 Å². The first-order chi connectivity index (χ1) is 18.3. The number of fused-ring (bicyclic) bond motifs is 4. The minimum Gasteiger partial charge on any atom is -0.497 e. The van der Waals surface area contributed by atoms with Gasteiger partial charge in [0.1, 0.15) is 24.4 Å². The Kier molecular flexibility index (Phi) is 6.91. The van der Waals surface area contributed by atoms with Crippen LogP contribution < -0.4 is 4.74 Å². The van der Waals surface area contributed by atoms with E-state index in [1.54, 1.807) is 30.5 Å². The van der Waals surface area contributed by atoms with Gasteiger partial charge in [-0.1, -0.05) is 6.08 Å². The van der Waals surface area contributed by atoms with Gasteiger partial charge in [0.05, 0.1) is 36.8 Å². The van der Waals surface area contributed by atoms with Crippen LogP contribution in [0.3, 0.4) is 0 Å². The molecule has 4 heterocycles. The molecular weight excluding hydrogens is 522 g/mol. The van der Waals surface area contributed by atoms with Crippen molar-refractivity contribution in [1.82, 2.24) is 4.98 Å². The molecule has 2 aromatic carbocycles. The van der Waals surface area contributed by atoms with Crippen molar-refractivity contribution in [3.8, 4) is 5.75 Å². The minimum absolute atomic E-state index is 0.0457. The van der Waals surface area contributed by atoms with Gasteiger partial charge in [-0.2, -0.15) is 26.3 Å². The number of aliphatic hydroxyl groups is 1. The van der Waals surface area contributed by atoms with E-state index >= 15 is 0 Å². The number of aliphatic hydroxyl groups excluding tert-OH is 1. The van der Waals surface area contributed by atoms with Crippen LogP contribution in [0.4, 0.5) is 26.3 Å². The number of halogens is 6. The third-order valence-corrected chi connectivity index (χ3v) is 8.49. The monoisotopic (exact) mass is 551 g/mol. The van der Waals surface area contributed by atoms with Crippen LogP contribution in [0, 0.1) is 11.8 Å². The van der Waals surface area contributed by atoms with Crippen LogP contribution in [0.2, 0.25) is 0 Å². The predicted octanol–water partition coefficient (Wildman–Crippen LogP) is 6.93. The molecule has 0 amide bonds. The zero-order valence-electron chi connectivity index (χ0n) is 21.3. The normalized spacial score (nSPS) is 26.0. The van der Waals surface area contributed by atoms with Crippen LogP contribution in [0.5, 0.6) is 5.75 Å². The summed E-state index contributed by atoms with van der Waals surface area (Å²) in [5, 5.41) is 12.5. The molecule has 0 saturated carbocycles. The molecule has 1 N–H and O–H groups in total. The van der Waals surface area contributed by atoms with Crippen molar-refractivity contribution >= 4 is 10.9 Å². The van der Waals surface area contributed by atoms with Gasteiger partial charge >= 0.3 is 12.4 Å². The number of nitrogens with zero attached hydrogens (tertiary/aromatic N) is 2. The zero-order valence-corrected chi connectivity index (χ0v) is 21.3. The molecule has 4 nitrogen and oxygen atoms in total. The first kappa shape index (κ1) is 27.5. The van der Waals surface area contributed by atoms with Gasteiger partial charge in [-0.3, -0.25) is 4.98 Å². The molecule has 3 fully saturated rings. The first-order valence-corrected chi connectivity index (χ1v) is 12.7. The van der Waals surface area contributed by atoms with Crippen LogP contribution in [0.15, 0.2) is 61.3 Å². The van der Waals surface area contributed by atoms with Crippen LogP contribution in [0.1, 0.15) is 41.2 Å². The molecule has 5 atom stereocenters. The second-order valence-electron chi connectivity index (χ2n) is 10.7. The minimum atomic E-state index is -4.93. The fourth-order valence-electron chi connectivity index (χ4n) is 6.59. The Labute approximate surface area is 222 Å². The highest BCUT2D eigenvalue weighted by Gasteiger charge is 2.54. The summed E-state index contributed by atoms with van der Waals surface area (Å²) in [6.45, 7) is 4.86. The van der Waals surface area contributed by atoms with Crippen LogP contribution in [-0.4, -0.2) is 40.8 Å². The van der Waals surface area contributed by atoms with Crippen molar-refractivity contribution in [1.29, 1.82) is 0 Å². The summed E-state index contributed by atoms with van der Waals surface area (Å²) in [5.74, 6) is 0.843. The van der Waals surface area contributed by atoms with E-state index in [9.17, 15) is 31.4 Å². The third-order valence-electron chi connectivity index (χ3n) is 8.49. The highest BCUT2D eigenvalue weighted by atomic mass is 19.4. The van der Waals surface area contributed by atoms with Gasteiger partial charge in [-0.05, 0) is 53.9 Å². The summed E-state index contributed by atoms with van der Waals surface area (Å²) in [6.07, 6.45) is -6.16. The fraction of sp³-hybridized carbons (Fsp3) is 0.414. The largest absolute Gasteiger partial charge is 0.497 e. The summed E-state index contributed by atoms with van der Waals surface area (Å²) in [7, 11) is 1.53. The number of methoxy groups -OCH3 is 1. The molecule has 0 spiro atoms. The number of piperidine rings is 3. The lowest BCUT2D eigenvalue weighted by Crippen LogP contribution is -2.67. The molecule has 39 heavy (non-hydrogen) atoms. The van der Waals surface area contributed by atoms with E-state index in [-0.39, 0.29) is 34.5 Å². The second-order valence-corrected chi connectivity index (χ2v) is 10.7. The summed E-state index contributed by atoms with van der Waals surface area (Å²) in [6, 6.07) is 8.34. The van der Waals surface area contributed by atoms with Gasteiger partial charge in [0.15, 0.2) is 0 Å². The second kappa shape index (κ2) is 9.82. The zero-order chi connectivity index (χ0) is 28.2. The maximum atomic E-state index is 13.6. The van der Waals surface area contributed by atoms with Crippen molar-refractivity contribution < 1.29 is 40.7 Å². The molecule has 1 aromatic heterocycles. The van der Waals surface area contributed by atoms with E-state index < -0.39 is 35.6 Å². The number of quaternary nitrogens is 1. The molecule has 2 bridgehead atoms. The smallest absolute Gasteiger partial charge is 0.416 e. The Bertz CT molecular complexity index is 1360. The van der Waals surface area contributed by atoms with Crippen molar-refractivity contribution in [2.75, 3.05) is 20.2 Å². The Morgan fingerprint density at radius 3 is 2.38 bits per heavy atom. The average Bonchev–Trinajstić information content (AvgIpc) is 2.90. The Morgan fingerprint density at radius 2 is 1.77 bits per heavy atom. The maximum Gasteiger partial charge on any atom is 0.416 e. The number of ether oxygens (including phenoxy) is 1. The quantitative estimate of drug-likeness (QED) is 0.205. The molecule has 3 saturated heterocycles. The molecule has 3 aromatic rings. The first-order valence-electron chi connectivity index (χ1n) is 12.7. The number of hydrogen-bond donors (Lipinski definition) is 1. The topological polar surface area (TPSA) is 42.4 Å². The van der Waals surface area contributed by atoms with Crippen LogP contribution >= 0.6 is 0 Å². The lowest BCUT2D eigenvalue weighted by Gasteiger charge is -2.58. The van der Waals surface area contributed by atoms with Crippen LogP contribution in [0.25, 0.3) is 10.9 Å². The van der Waals surface area contributed by atoms with Gasteiger partial charge in [0.2, 0.25) is 0 Å². The molecular formula is C29H29F6N2O2+. The molecule has 0 radical (unpaired) electrons. The molecule has 3 aliphatic rings. The summed E-state index contributed by atoms with van der Waals surface area (Å²) < 4.78 is 87.2. The Hall–Kier alpha value is -3.11. The van der Waals surface area contributed by atoms with Crippen LogP contribution in [-0.2, 0) is 18.9 Å². The Morgan fingerprint density at radius 1 is 1.08 bits per heavy atom. The number of benzene rings is 2. The lowest BCUT2D eigenvalue weighted by molar-refractivity contribution is -0.984. The molecule has 208 valence electrons. The summed E-state index contributed by atoms with van der Waals surface area (Å²) >= 11 is 0. The van der Waals surface area contributed by atoms with E-state index in [1.165, 1.54) is 7.11 Å². The van der Waals surface area contributed by atoms with Crippen molar-refractivity contribution in [3.05, 3.63) is 83.6 Å². The fourth-order valence-corrected chi connectivity index (χ4v) is 6.59. The highest BCUT2D eigenvalue weighted by Crippen LogP contribution is 2.48. The number of aromatic nitrogens is 1. The van der Waals surface area contributed by atoms with E-state index in [2.05, 4.69) is 11.6 Å². The van der Waals surface area contributed by atoms with E-state index in [1.807, 2.05) is 6.08 Å². The number of hydrogen-bond acceptors (Lipinski definition) is 3. The third kappa shape index (κ3) is 5.12. The average molecular weight is 552 g/mol. The van der Waals surface area contributed by atoms with E-state index in [0.29, 0.717) is 41.7 Å². The summed E-state index contributed by atoms with van der Waals surface area (Å²) in [4.78, 5) is 4.37. The van der Waals surface area contributed by atoms with Gasteiger partial charge in [-0.15, -0.1) is 6.58 Å². The van der Waals surface area contributed by atoms with Gasteiger partial charge < -0.3 is 14.3 Å². The number of alkyl halides is 6. The lowest BCUT2D eigenvalue weighted by atomic mass is 9.71. The van der Waals surface area contributed by atoms with E-state index in [4.69, 9.17) is 4.74 Å². The van der Waals surface area contributed by atoms with Crippen molar-refractivity contribution in [2.24, 2.45) is 11.8 Å². The molecule has 0 aliphatic carbocycles. The van der Waals surface area contributed by atoms with E-state index in [0.717, 1.165) is 18.6 Å². The highest BCUT2D eigenvalue weighted by molar-refractivity contribution is 5.83. The predicted molar refractivity (Wildman–Crippen MR) is 134 cm³/mol.